The third-order valence-corrected chi connectivity index (χ3v) is 5.29. The number of aromatic nitrogens is 2. The molecule has 33 heavy (non-hydrogen) atoms. The minimum Gasteiger partial charge on any atom is -0.497 e. The highest BCUT2D eigenvalue weighted by Gasteiger charge is 2.28. The van der Waals surface area contributed by atoms with Gasteiger partial charge in [0.05, 0.1) is 7.11 Å². The van der Waals surface area contributed by atoms with Gasteiger partial charge in [-0.15, -0.1) is 0 Å². The van der Waals surface area contributed by atoms with Crippen LogP contribution in [0.1, 0.15) is 6.92 Å². The van der Waals surface area contributed by atoms with Crippen molar-refractivity contribution in [1.82, 2.24) is 14.9 Å². The zero-order valence-electron chi connectivity index (χ0n) is 18.2. The predicted octanol–water partition coefficient (Wildman–Crippen LogP) is 4.30. The molecule has 0 spiro atoms. The molecule has 4 rings (SSSR count). The molecular weight excluding hydrogens is 432 g/mol. The van der Waals surface area contributed by atoms with Crippen LogP contribution in [-0.4, -0.2) is 53.7 Å². The summed E-state index contributed by atoms with van der Waals surface area (Å²) in [6.45, 7) is 3.56. The number of carbonyl (C=O) groups excluding carboxylic acids is 1. The van der Waals surface area contributed by atoms with E-state index in [1.807, 2.05) is 11.8 Å². The molecule has 172 valence electrons. The fourth-order valence-corrected chi connectivity index (χ4v) is 3.56. The Bertz CT molecular complexity index is 1130. The molecule has 8 nitrogen and oxygen atoms in total. The first-order chi connectivity index (χ1) is 15.9. The van der Waals surface area contributed by atoms with Crippen LogP contribution in [0.2, 0.25) is 0 Å². The molecule has 10 heteroatoms. The molecule has 2 amide bonds. The van der Waals surface area contributed by atoms with Gasteiger partial charge >= 0.3 is 6.03 Å². The molecule has 1 saturated heterocycles. The number of nitrogens with one attached hydrogen (secondary N) is 1. The van der Waals surface area contributed by atoms with Gasteiger partial charge in [0.25, 0.3) is 0 Å². The molecule has 1 atom stereocenters. The lowest BCUT2D eigenvalue weighted by atomic mass is 10.2. The van der Waals surface area contributed by atoms with Gasteiger partial charge in [-0.1, -0.05) is 0 Å². The largest absolute Gasteiger partial charge is 0.497 e. The van der Waals surface area contributed by atoms with E-state index in [1.165, 1.54) is 12.4 Å². The highest BCUT2D eigenvalue weighted by molar-refractivity contribution is 5.89. The first-order valence-electron chi connectivity index (χ1n) is 10.3. The van der Waals surface area contributed by atoms with E-state index in [1.54, 1.807) is 42.3 Å². The average Bonchev–Trinajstić information content (AvgIpc) is 2.82. The monoisotopic (exact) mass is 455 g/mol. The Balaban J connectivity index is 1.38. The fourth-order valence-electron chi connectivity index (χ4n) is 3.56. The number of carbonyl (C=O) groups is 1. The summed E-state index contributed by atoms with van der Waals surface area (Å²) in [5.41, 5.74) is 0.685. The number of rotatable bonds is 5. The molecule has 0 bridgehead atoms. The van der Waals surface area contributed by atoms with Gasteiger partial charge in [-0.2, -0.15) is 0 Å². The maximum Gasteiger partial charge on any atom is 0.322 e. The van der Waals surface area contributed by atoms with E-state index in [4.69, 9.17) is 9.47 Å². The maximum absolute atomic E-state index is 13.4. The van der Waals surface area contributed by atoms with Crippen LogP contribution in [0.4, 0.5) is 25.1 Å². The molecule has 0 radical (unpaired) electrons. The Labute approximate surface area is 189 Å². The van der Waals surface area contributed by atoms with Crippen molar-refractivity contribution in [2.24, 2.45) is 0 Å². The van der Waals surface area contributed by atoms with Gasteiger partial charge in [0.15, 0.2) is 11.6 Å². The Morgan fingerprint density at radius 1 is 1.03 bits per heavy atom. The predicted molar refractivity (Wildman–Crippen MR) is 119 cm³/mol. The lowest BCUT2D eigenvalue weighted by Gasteiger charge is -2.40. The molecule has 1 aliphatic heterocycles. The van der Waals surface area contributed by atoms with Crippen molar-refractivity contribution in [3.05, 3.63) is 66.5 Å². The van der Waals surface area contributed by atoms with E-state index in [9.17, 15) is 13.6 Å². The molecule has 1 N–H and O–H groups in total. The molecule has 1 fully saturated rings. The maximum atomic E-state index is 13.4. The van der Waals surface area contributed by atoms with Crippen LogP contribution in [0.25, 0.3) is 0 Å². The normalized spacial score (nSPS) is 15.8. The lowest BCUT2D eigenvalue weighted by molar-refractivity contribution is 0.184. The summed E-state index contributed by atoms with van der Waals surface area (Å²) < 4.78 is 37.2. The minimum absolute atomic E-state index is 0.0810. The molecule has 3 aromatic rings. The number of benzene rings is 2. The molecule has 1 aliphatic rings. The van der Waals surface area contributed by atoms with Crippen molar-refractivity contribution in [1.29, 1.82) is 0 Å². The summed E-state index contributed by atoms with van der Waals surface area (Å²) in [4.78, 5) is 24.9. The van der Waals surface area contributed by atoms with Gasteiger partial charge in [-0.25, -0.2) is 23.5 Å². The Morgan fingerprint density at radius 2 is 1.79 bits per heavy atom. The lowest BCUT2D eigenvalue weighted by Crippen LogP contribution is -2.55. The van der Waals surface area contributed by atoms with Crippen LogP contribution in [0.5, 0.6) is 17.4 Å². The summed E-state index contributed by atoms with van der Waals surface area (Å²) in [6, 6.07) is 11.8. The Kier molecular flexibility index (Phi) is 6.53. The van der Waals surface area contributed by atoms with Gasteiger partial charge in [0, 0.05) is 43.5 Å². The van der Waals surface area contributed by atoms with Crippen molar-refractivity contribution in [3.8, 4) is 17.4 Å². The first-order valence-corrected chi connectivity index (χ1v) is 10.3. The minimum atomic E-state index is -1.00. The number of methoxy groups -OCH3 is 1. The highest BCUT2D eigenvalue weighted by Crippen LogP contribution is 2.25. The van der Waals surface area contributed by atoms with Gasteiger partial charge in [-0.3, -0.25) is 0 Å². The SMILES string of the molecule is COc1ccc(NC(=O)N2CCN(c3cc(Oc4ccc(F)c(F)c4)ncn3)CC2C)cc1. The number of halogens is 2. The van der Waals surface area contributed by atoms with Gasteiger partial charge in [0.2, 0.25) is 5.88 Å². The van der Waals surface area contributed by atoms with Crippen LogP contribution in [-0.2, 0) is 0 Å². The number of ether oxygens (including phenoxy) is 2. The first kappa shape index (κ1) is 22.3. The number of piperazine rings is 1. The van der Waals surface area contributed by atoms with Gasteiger partial charge in [-0.05, 0) is 43.3 Å². The average molecular weight is 455 g/mol. The summed E-state index contributed by atoms with van der Waals surface area (Å²) in [5.74, 6) is -0.282. The molecule has 2 heterocycles. The topological polar surface area (TPSA) is 79.8 Å². The smallest absolute Gasteiger partial charge is 0.322 e. The van der Waals surface area contributed by atoms with Crippen LogP contribution in [0, 0.1) is 11.6 Å². The van der Waals surface area contributed by atoms with Crippen LogP contribution < -0.4 is 19.7 Å². The third kappa shape index (κ3) is 5.28. The van der Waals surface area contributed by atoms with E-state index in [2.05, 4.69) is 15.3 Å². The van der Waals surface area contributed by atoms with Crippen LogP contribution in [0.3, 0.4) is 0 Å². The summed E-state index contributed by atoms with van der Waals surface area (Å²) in [7, 11) is 1.59. The zero-order chi connectivity index (χ0) is 23.4. The van der Waals surface area contributed by atoms with E-state index in [0.717, 1.165) is 12.1 Å². The van der Waals surface area contributed by atoms with Crippen molar-refractivity contribution in [2.45, 2.75) is 13.0 Å². The number of urea groups is 1. The zero-order valence-corrected chi connectivity index (χ0v) is 18.2. The standard InChI is InChI=1S/C23H23F2N5O3/c1-15-13-29(9-10-30(15)23(31)28-16-3-5-17(32-2)6-4-16)21-12-22(27-14-26-21)33-18-7-8-19(24)20(25)11-18/h3-8,11-12,14-15H,9-10,13H2,1-2H3,(H,28,31). The second-order valence-corrected chi connectivity index (χ2v) is 7.54. The quantitative estimate of drug-likeness (QED) is 0.618. The number of nitrogens with zero attached hydrogens (tertiary/aromatic N) is 4. The molecule has 0 saturated carbocycles. The van der Waals surface area contributed by atoms with Gasteiger partial charge in [0.1, 0.15) is 23.6 Å². The second kappa shape index (κ2) is 9.68. The van der Waals surface area contributed by atoms with Crippen molar-refractivity contribution < 1.29 is 23.0 Å². The van der Waals surface area contributed by atoms with E-state index in [-0.39, 0.29) is 23.7 Å². The Hall–Kier alpha value is -3.95. The summed E-state index contributed by atoms with van der Waals surface area (Å²) in [6.07, 6.45) is 1.35. The molecular formula is C23H23F2N5O3. The molecule has 1 unspecified atom stereocenters. The van der Waals surface area contributed by atoms with E-state index < -0.39 is 11.6 Å². The number of hydrogen-bond donors (Lipinski definition) is 1. The highest BCUT2D eigenvalue weighted by atomic mass is 19.2. The molecule has 2 aromatic carbocycles. The summed E-state index contributed by atoms with van der Waals surface area (Å²) >= 11 is 0. The van der Waals surface area contributed by atoms with Crippen molar-refractivity contribution in [2.75, 3.05) is 37.0 Å². The number of hydrogen-bond acceptors (Lipinski definition) is 6. The van der Waals surface area contributed by atoms with Crippen molar-refractivity contribution in [3.63, 3.8) is 0 Å². The summed E-state index contributed by atoms with van der Waals surface area (Å²) in [5, 5.41) is 2.90. The van der Waals surface area contributed by atoms with Crippen molar-refractivity contribution >= 4 is 17.5 Å². The van der Waals surface area contributed by atoms with E-state index >= 15 is 0 Å². The Morgan fingerprint density at radius 3 is 2.48 bits per heavy atom. The fraction of sp³-hybridized carbons (Fsp3) is 0.261. The second-order valence-electron chi connectivity index (χ2n) is 7.54. The van der Waals surface area contributed by atoms with Crippen LogP contribution >= 0.6 is 0 Å². The molecule has 0 aliphatic carbocycles. The van der Waals surface area contributed by atoms with Crippen LogP contribution in [0.15, 0.2) is 54.9 Å². The number of amides is 2. The molecule has 1 aromatic heterocycles. The number of anilines is 2. The third-order valence-electron chi connectivity index (χ3n) is 5.29. The van der Waals surface area contributed by atoms with E-state index in [0.29, 0.717) is 36.9 Å². The van der Waals surface area contributed by atoms with Gasteiger partial charge < -0.3 is 24.6 Å².